The summed E-state index contributed by atoms with van der Waals surface area (Å²) in [5.74, 6) is 0. The number of hydrogen-bond donors (Lipinski definition) is 0. The van der Waals surface area contributed by atoms with Crippen molar-refractivity contribution in [3.63, 3.8) is 0 Å². The molecule has 0 fully saturated rings. The zero-order valence-electron chi connectivity index (χ0n) is 22.6. The Kier molecular flexibility index (Phi) is 5.94. The fourth-order valence-electron chi connectivity index (χ4n) is 5.53. The molecule has 2 heteroatoms. The minimum Gasteiger partial charge on any atom is -0.254 e. The summed E-state index contributed by atoms with van der Waals surface area (Å²) >= 11 is 0. The normalized spacial score (nSPS) is 11.2. The topological polar surface area (TPSA) is 25.8 Å². The summed E-state index contributed by atoms with van der Waals surface area (Å²) in [5.41, 5.74) is 13.7. The maximum atomic E-state index is 5.09. The van der Waals surface area contributed by atoms with Gasteiger partial charge in [0.2, 0.25) is 0 Å². The Morgan fingerprint density at radius 3 is 1.38 bits per heavy atom. The van der Waals surface area contributed by atoms with E-state index < -0.39 is 0 Å². The second-order valence-corrected chi connectivity index (χ2v) is 10.4. The van der Waals surface area contributed by atoms with E-state index in [1.54, 1.807) is 0 Å². The molecule has 40 heavy (non-hydrogen) atoms. The number of hydrogen-bond acceptors (Lipinski definition) is 2. The van der Waals surface area contributed by atoms with Gasteiger partial charge in [0, 0.05) is 22.5 Å². The highest BCUT2D eigenvalue weighted by atomic mass is 14.8. The highest BCUT2D eigenvalue weighted by Gasteiger charge is 2.11. The van der Waals surface area contributed by atoms with E-state index in [0.29, 0.717) is 0 Å². The van der Waals surface area contributed by atoms with Crippen molar-refractivity contribution in [2.24, 2.45) is 0 Å². The Bertz CT molecular complexity index is 1970. The van der Waals surface area contributed by atoms with Gasteiger partial charge in [-0.2, -0.15) is 0 Å². The second-order valence-electron chi connectivity index (χ2n) is 10.4. The van der Waals surface area contributed by atoms with Gasteiger partial charge in [0.05, 0.1) is 16.7 Å². The van der Waals surface area contributed by atoms with Gasteiger partial charge in [-0.15, -0.1) is 0 Å². The fraction of sp³-hybridized carbons (Fsp3) is 0.0526. The SMILES string of the molecule is Cc1ccnc2c1ccc1c(C)cc(-c3ccc(-c4ccc(-c5ccc(-c6ccccc6)cc5)cc4)cc3)nc12. The van der Waals surface area contributed by atoms with Crippen molar-refractivity contribution in [1.29, 1.82) is 0 Å². The average molecular weight is 513 g/mol. The predicted octanol–water partition coefficient (Wildman–Crippen LogP) is 10.1. The maximum absolute atomic E-state index is 5.09. The largest absolute Gasteiger partial charge is 0.254 e. The van der Waals surface area contributed by atoms with Gasteiger partial charge in [-0.25, -0.2) is 4.98 Å². The van der Waals surface area contributed by atoms with Gasteiger partial charge in [-0.05, 0) is 70.5 Å². The van der Waals surface area contributed by atoms with Crippen LogP contribution in [0.5, 0.6) is 0 Å². The molecule has 0 bridgehead atoms. The molecule has 0 N–H and O–H groups in total. The number of fused-ring (bicyclic) bond motifs is 3. The van der Waals surface area contributed by atoms with Crippen LogP contribution in [-0.4, -0.2) is 9.97 Å². The lowest BCUT2D eigenvalue weighted by molar-refractivity contribution is 1.33. The van der Waals surface area contributed by atoms with Crippen molar-refractivity contribution >= 4 is 21.8 Å². The van der Waals surface area contributed by atoms with Crippen LogP contribution in [0.4, 0.5) is 0 Å². The van der Waals surface area contributed by atoms with E-state index in [1.807, 2.05) is 12.3 Å². The summed E-state index contributed by atoms with van der Waals surface area (Å²) in [4.78, 5) is 9.77. The number of pyridine rings is 2. The molecule has 2 aromatic heterocycles. The lowest BCUT2D eigenvalue weighted by atomic mass is 9.97. The molecule has 2 heterocycles. The number of nitrogens with zero attached hydrogens (tertiary/aromatic N) is 2. The molecule has 7 aromatic rings. The van der Waals surface area contributed by atoms with Crippen molar-refractivity contribution < 1.29 is 0 Å². The maximum Gasteiger partial charge on any atom is 0.0974 e. The first kappa shape index (κ1) is 24.0. The molecular formula is C38H28N2. The monoisotopic (exact) mass is 512 g/mol. The molecule has 0 radical (unpaired) electrons. The zero-order valence-corrected chi connectivity index (χ0v) is 22.6. The molecule has 190 valence electrons. The van der Waals surface area contributed by atoms with Gasteiger partial charge in [0.25, 0.3) is 0 Å². The van der Waals surface area contributed by atoms with Crippen LogP contribution in [0.3, 0.4) is 0 Å². The van der Waals surface area contributed by atoms with Crippen molar-refractivity contribution in [1.82, 2.24) is 9.97 Å². The van der Waals surface area contributed by atoms with E-state index in [1.165, 1.54) is 44.5 Å². The molecule has 0 atom stereocenters. The van der Waals surface area contributed by atoms with Gasteiger partial charge in [-0.3, -0.25) is 4.98 Å². The third-order valence-electron chi connectivity index (χ3n) is 7.84. The summed E-state index contributed by atoms with van der Waals surface area (Å²) < 4.78 is 0. The molecule has 0 aliphatic carbocycles. The van der Waals surface area contributed by atoms with E-state index in [9.17, 15) is 0 Å². The van der Waals surface area contributed by atoms with Crippen LogP contribution in [0.15, 0.2) is 134 Å². The Morgan fingerprint density at radius 2 is 0.850 bits per heavy atom. The molecule has 0 amide bonds. The molecule has 2 nitrogen and oxygen atoms in total. The predicted molar refractivity (Wildman–Crippen MR) is 168 cm³/mol. The van der Waals surface area contributed by atoms with Crippen LogP contribution in [-0.2, 0) is 0 Å². The third kappa shape index (κ3) is 4.34. The molecule has 0 saturated carbocycles. The standard InChI is InChI=1S/C38H28N2/c1-25-22-23-39-37-34(25)20-21-35-26(2)24-36(40-38(35)37)33-18-16-32(17-19-33)31-14-12-30(13-15-31)29-10-8-28(9-11-29)27-6-4-3-5-7-27/h3-24H,1-2H3. The quantitative estimate of drug-likeness (QED) is 0.219. The molecule has 7 rings (SSSR count). The Morgan fingerprint density at radius 1 is 0.400 bits per heavy atom. The van der Waals surface area contributed by atoms with E-state index in [2.05, 4.69) is 140 Å². The first-order valence-electron chi connectivity index (χ1n) is 13.7. The summed E-state index contributed by atoms with van der Waals surface area (Å²) in [6.07, 6.45) is 1.88. The summed E-state index contributed by atoms with van der Waals surface area (Å²) in [6, 6.07) is 45.4. The number of aryl methyl sites for hydroxylation is 2. The Hall–Kier alpha value is -5.08. The van der Waals surface area contributed by atoms with E-state index in [-0.39, 0.29) is 0 Å². The highest BCUT2D eigenvalue weighted by molar-refractivity contribution is 6.05. The van der Waals surface area contributed by atoms with Crippen LogP contribution in [0.2, 0.25) is 0 Å². The highest BCUT2D eigenvalue weighted by Crippen LogP contribution is 2.32. The first-order chi connectivity index (χ1) is 19.6. The smallest absolute Gasteiger partial charge is 0.0974 e. The van der Waals surface area contributed by atoms with Gasteiger partial charge in [0.15, 0.2) is 0 Å². The zero-order chi connectivity index (χ0) is 27.1. The van der Waals surface area contributed by atoms with Crippen LogP contribution < -0.4 is 0 Å². The molecule has 0 saturated heterocycles. The molecular weight excluding hydrogens is 484 g/mol. The van der Waals surface area contributed by atoms with Crippen LogP contribution >= 0.6 is 0 Å². The second kappa shape index (κ2) is 9.91. The van der Waals surface area contributed by atoms with Crippen molar-refractivity contribution in [3.8, 4) is 44.6 Å². The van der Waals surface area contributed by atoms with Crippen LogP contribution in [0, 0.1) is 13.8 Å². The molecule has 0 spiro atoms. The lowest BCUT2D eigenvalue weighted by Crippen LogP contribution is -1.92. The van der Waals surface area contributed by atoms with Crippen LogP contribution in [0.25, 0.3) is 66.4 Å². The summed E-state index contributed by atoms with van der Waals surface area (Å²) in [5, 5.41) is 2.31. The van der Waals surface area contributed by atoms with Crippen molar-refractivity contribution in [2.75, 3.05) is 0 Å². The molecule has 0 aliphatic rings. The summed E-state index contributed by atoms with van der Waals surface area (Å²) in [7, 11) is 0. The average Bonchev–Trinajstić information content (AvgIpc) is 3.02. The van der Waals surface area contributed by atoms with Gasteiger partial charge in [0.1, 0.15) is 0 Å². The van der Waals surface area contributed by atoms with Crippen molar-refractivity contribution in [3.05, 3.63) is 145 Å². The molecule has 0 aliphatic heterocycles. The minimum absolute atomic E-state index is 0.965. The fourth-order valence-corrected chi connectivity index (χ4v) is 5.53. The van der Waals surface area contributed by atoms with E-state index >= 15 is 0 Å². The first-order valence-corrected chi connectivity index (χ1v) is 13.7. The molecule has 5 aromatic carbocycles. The minimum atomic E-state index is 0.965. The number of benzene rings is 5. The van der Waals surface area contributed by atoms with Gasteiger partial charge >= 0.3 is 0 Å². The Labute approximate surface area is 234 Å². The molecule has 0 unspecified atom stereocenters. The Balaban J connectivity index is 1.16. The third-order valence-corrected chi connectivity index (χ3v) is 7.84. The van der Waals surface area contributed by atoms with E-state index in [0.717, 1.165) is 33.1 Å². The number of rotatable bonds is 4. The van der Waals surface area contributed by atoms with E-state index in [4.69, 9.17) is 4.98 Å². The summed E-state index contributed by atoms with van der Waals surface area (Å²) in [6.45, 7) is 4.28. The number of aromatic nitrogens is 2. The lowest BCUT2D eigenvalue weighted by Gasteiger charge is -2.11. The van der Waals surface area contributed by atoms with Gasteiger partial charge in [-0.1, -0.05) is 115 Å². The van der Waals surface area contributed by atoms with Crippen molar-refractivity contribution in [2.45, 2.75) is 13.8 Å². The van der Waals surface area contributed by atoms with Gasteiger partial charge < -0.3 is 0 Å². The van der Waals surface area contributed by atoms with Crippen LogP contribution in [0.1, 0.15) is 11.1 Å².